The lowest BCUT2D eigenvalue weighted by molar-refractivity contribution is -0.139. The van der Waals surface area contributed by atoms with Crippen molar-refractivity contribution in [1.29, 1.82) is 0 Å². The van der Waals surface area contributed by atoms with E-state index in [-0.39, 0.29) is 5.91 Å². The molecule has 0 spiro atoms. The maximum absolute atomic E-state index is 11.9. The fourth-order valence-electron chi connectivity index (χ4n) is 2.22. The van der Waals surface area contributed by atoms with Crippen molar-refractivity contribution in [2.24, 2.45) is 0 Å². The predicted octanol–water partition coefficient (Wildman–Crippen LogP) is 0.573. The van der Waals surface area contributed by atoms with E-state index in [1.807, 2.05) is 30.3 Å². The molecule has 0 radical (unpaired) electrons. The van der Waals surface area contributed by atoms with Gasteiger partial charge in [-0.25, -0.2) is 0 Å². The van der Waals surface area contributed by atoms with Gasteiger partial charge in [-0.05, 0) is 24.8 Å². The van der Waals surface area contributed by atoms with Crippen molar-refractivity contribution in [3.63, 3.8) is 0 Å². The number of β-amino-alcohol motifs (C(OH)–C–C–N with tert-alkyl or cyclic N) is 1. The molecule has 18 heavy (non-hydrogen) atoms. The molecule has 1 saturated heterocycles. The molecule has 2 N–H and O–H groups in total. The average molecular weight is 249 g/mol. The molecule has 0 unspecified atom stereocenters. The molecule has 1 aromatic carbocycles. The van der Waals surface area contributed by atoms with E-state index in [1.165, 1.54) is 0 Å². The number of nitrogens with zero attached hydrogens (tertiary/aromatic N) is 1. The Labute approximate surface area is 107 Å². The van der Waals surface area contributed by atoms with E-state index < -0.39 is 12.2 Å². The highest BCUT2D eigenvalue weighted by Crippen LogP contribution is 2.13. The molecular weight excluding hydrogens is 230 g/mol. The Balaban J connectivity index is 1.81. The minimum absolute atomic E-state index is 0.262. The fraction of sp³-hybridized carbons (Fsp3) is 0.500. The lowest BCUT2D eigenvalue weighted by Gasteiger charge is -2.19. The number of carbonyl (C=O) groups excluding carboxylic acids is 1. The van der Waals surface area contributed by atoms with Crippen molar-refractivity contribution in [3.8, 4) is 0 Å². The molecule has 0 saturated carbocycles. The summed E-state index contributed by atoms with van der Waals surface area (Å²) in [4.78, 5) is 13.4. The third-order valence-corrected chi connectivity index (χ3v) is 3.31. The van der Waals surface area contributed by atoms with Gasteiger partial charge in [-0.15, -0.1) is 0 Å². The number of hydrogen-bond donors (Lipinski definition) is 2. The summed E-state index contributed by atoms with van der Waals surface area (Å²) in [5.41, 5.74) is 1.12. The van der Waals surface area contributed by atoms with Gasteiger partial charge >= 0.3 is 0 Å². The van der Waals surface area contributed by atoms with Gasteiger partial charge in [-0.1, -0.05) is 30.3 Å². The highest BCUT2D eigenvalue weighted by molar-refractivity contribution is 5.80. The molecular formula is C14H19NO3. The van der Waals surface area contributed by atoms with Crippen LogP contribution in [0.5, 0.6) is 0 Å². The zero-order valence-electron chi connectivity index (χ0n) is 10.3. The van der Waals surface area contributed by atoms with Gasteiger partial charge in [0.1, 0.15) is 6.10 Å². The summed E-state index contributed by atoms with van der Waals surface area (Å²) < 4.78 is 0. The third kappa shape index (κ3) is 3.31. The van der Waals surface area contributed by atoms with Crippen LogP contribution in [0.1, 0.15) is 18.4 Å². The molecule has 1 aliphatic heterocycles. The molecule has 2 atom stereocenters. The molecule has 0 bridgehead atoms. The standard InChI is InChI=1S/C14H19NO3/c16-12-8-9-15(10-12)14(18)13(17)7-6-11-4-2-1-3-5-11/h1-5,12-13,16-17H,6-10H2/t12-,13+/m0/s1. The van der Waals surface area contributed by atoms with Crippen LogP contribution >= 0.6 is 0 Å². The van der Waals surface area contributed by atoms with Gasteiger partial charge in [0.25, 0.3) is 5.91 Å². The SMILES string of the molecule is O=C([C@H](O)CCc1ccccc1)N1CC[C@H](O)C1. The lowest BCUT2D eigenvalue weighted by Crippen LogP contribution is -2.38. The van der Waals surface area contributed by atoms with Crippen LogP contribution in [-0.2, 0) is 11.2 Å². The summed E-state index contributed by atoms with van der Waals surface area (Å²) in [6.45, 7) is 0.892. The Morgan fingerprint density at radius 2 is 2.11 bits per heavy atom. The zero-order chi connectivity index (χ0) is 13.0. The highest BCUT2D eigenvalue weighted by Gasteiger charge is 2.28. The Bertz CT molecular complexity index is 393. The molecule has 1 amide bonds. The van der Waals surface area contributed by atoms with Crippen molar-refractivity contribution >= 4 is 5.91 Å². The quantitative estimate of drug-likeness (QED) is 0.820. The van der Waals surface area contributed by atoms with Crippen molar-refractivity contribution < 1.29 is 15.0 Å². The first-order valence-electron chi connectivity index (χ1n) is 6.35. The van der Waals surface area contributed by atoms with Crippen LogP contribution in [-0.4, -0.2) is 46.3 Å². The number of carbonyl (C=O) groups is 1. The van der Waals surface area contributed by atoms with E-state index in [1.54, 1.807) is 4.90 Å². The summed E-state index contributed by atoms with van der Waals surface area (Å²) in [6, 6.07) is 9.80. The largest absolute Gasteiger partial charge is 0.391 e. The van der Waals surface area contributed by atoms with E-state index >= 15 is 0 Å². The second kappa shape index (κ2) is 5.98. The first-order valence-corrected chi connectivity index (χ1v) is 6.35. The molecule has 1 fully saturated rings. The summed E-state index contributed by atoms with van der Waals surface area (Å²) in [6.07, 6.45) is 0.322. The number of hydrogen-bond acceptors (Lipinski definition) is 3. The number of rotatable bonds is 4. The van der Waals surface area contributed by atoms with Crippen LogP contribution < -0.4 is 0 Å². The predicted molar refractivity (Wildman–Crippen MR) is 68.0 cm³/mol. The molecule has 1 heterocycles. The number of aliphatic hydroxyl groups excluding tert-OH is 2. The second-order valence-electron chi connectivity index (χ2n) is 4.77. The first-order chi connectivity index (χ1) is 8.66. The van der Waals surface area contributed by atoms with Crippen LogP contribution in [0.15, 0.2) is 30.3 Å². The van der Waals surface area contributed by atoms with Gasteiger partial charge in [-0.2, -0.15) is 0 Å². The second-order valence-corrected chi connectivity index (χ2v) is 4.77. The average Bonchev–Trinajstić information content (AvgIpc) is 2.83. The molecule has 98 valence electrons. The molecule has 0 aromatic heterocycles. The summed E-state index contributed by atoms with van der Waals surface area (Å²) in [5, 5.41) is 19.2. The Hall–Kier alpha value is -1.39. The number of aryl methyl sites for hydroxylation is 1. The number of likely N-dealkylation sites (tertiary alicyclic amines) is 1. The molecule has 2 rings (SSSR count). The Morgan fingerprint density at radius 3 is 2.72 bits per heavy atom. The summed E-state index contributed by atoms with van der Waals surface area (Å²) in [7, 11) is 0. The van der Waals surface area contributed by atoms with Gasteiger partial charge in [-0.3, -0.25) is 4.79 Å². The minimum atomic E-state index is -0.962. The van der Waals surface area contributed by atoms with Crippen LogP contribution in [0.25, 0.3) is 0 Å². The first kappa shape index (κ1) is 13.1. The minimum Gasteiger partial charge on any atom is -0.391 e. The molecule has 0 aliphatic carbocycles. The number of benzene rings is 1. The monoisotopic (exact) mass is 249 g/mol. The number of amides is 1. The van der Waals surface area contributed by atoms with Crippen LogP contribution in [0, 0.1) is 0 Å². The van der Waals surface area contributed by atoms with Crippen LogP contribution in [0.2, 0.25) is 0 Å². The van der Waals surface area contributed by atoms with Gasteiger partial charge in [0.2, 0.25) is 0 Å². The summed E-state index contributed by atoms with van der Waals surface area (Å²) in [5.74, 6) is -0.262. The maximum atomic E-state index is 11.9. The summed E-state index contributed by atoms with van der Waals surface area (Å²) >= 11 is 0. The van der Waals surface area contributed by atoms with Gasteiger partial charge in [0.15, 0.2) is 0 Å². The molecule has 1 aromatic rings. The van der Waals surface area contributed by atoms with E-state index in [0.717, 1.165) is 5.56 Å². The topological polar surface area (TPSA) is 60.8 Å². The van der Waals surface area contributed by atoms with Gasteiger partial charge < -0.3 is 15.1 Å². The van der Waals surface area contributed by atoms with Gasteiger partial charge in [0, 0.05) is 13.1 Å². The van der Waals surface area contributed by atoms with Crippen molar-refractivity contribution in [2.75, 3.05) is 13.1 Å². The Morgan fingerprint density at radius 1 is 1.39 bits per heavy atom. The smallest absolute Gasteiger partial charge is 0.251 e. The van der Waals surface area contributed by atoms with E-state index in [4.69, 9.17) is 0 Å². The normalized spacial score (nSPS) is 21.0. The zero-order valence-corrected chi connectivity index (χ0v) is 10.3. The highest BCUT2D eigenvalue weighted by atomic mass is 16.3. The van der Waals surface area contributed by atoms with E-state index in [2.05, 4.69) is 0 Å². The van der Waals surface area contributed by atoms with Gasteiger partial charge in [0.05, 0.1) is 6.10 Å². The van der Waals surface area contributed by atoms with Crippen LogP contribution in [0.4, 0.5) is 0 Å². The number of aliphatic hydroxyl groups is 2. The maximum Gasteiger partial charge on any atom is 0.251 e. The van der Waals surface area contributed by atoms with Crippen molar-refractivity contribution in [2.45, 2.75) is 31.5 Å². The Kier molecular flexibility index (Phi) is 4.33. The van der Waals surface area contributed by atoms with Crippen LogP contribution in [0.3, 0.4) is 0 Å². The third-order valence-electron chi connectivity index (χ3n) is 3.31. The lowest BCUT2D eigenvalue weighted by atomic mass is 10.1. The molecule has 4 nitrogen and oxygen atoms in total. The molecule has 1 aliphatic rings. The van der Waals surface area contributed by atoms with Crippen molar-refractivity contribution in [3.05, 3.63) is 35.9 Å². The van der Waals surface area contributed by atoms with E-state index in [9.17, 15) is 15.0 Å². The fourth-order valence-corrected chi connectivity index (χ4v) is 2.22. The molecule has 4 heteroatoms. The van der Waals surface area contributed by atoms with E-state index in [0.29, 0.717) is 32.4 Å². The van der Waals surface area contributed by atoms with Crippen molar-refractivity contribution in [1.82, 2.24) is 4.90 Å².